The van der Waals surface area contributed by atoms with Crippen molar-refractivity contribution in [1.82, 2.24) is 10.2 Å². The summed E-state index contributed by atoms with van der Waals surface area (Å²) in [6, 6.07) is 8.36. The van der Waals surface area contributed by atoms with E-state index in [1.807, 2.05) is 12.1 Å². The normalized spacial score (nSPS) is 22.8. The second-order valence-electron chi connectivity index (χ2n) is 7.62. The van der Waals surface area contributed by atoms with Gasteiger partial charge in [-0.3, -0.25) is 4.79 Å². The molecule has 1 fully saturated rings. The standard InChI is InChI=1S/C20H33N3O/c1-15-11-16(2)13-23(12-15)14-18(4)22-20(24)9-10-21-19-8-6-5-7-17(19)3/h5-8,15-16,18,21H,9-14H2,1-4H3,(H,22,24). The molecule has 24 heavy (non-hydrogen) atoms. The Morgan fingerprint density at radius 2 is 1.92 bits per heavy atom. The number of hydrogen-bond donors (Lipinski definition) is 2. The molecule has 0 aliphatic carbocycles. The number of nitrogens with one attached hydrogen (secondary N) is 2. The van der Waals surface area contributed by atoms with Gasteiger partial charge in [0.05, 0.1) is 0 Å². The highest BCUT2D eigenvalue weighted by Crippen LogP contribution is 2.20. The molecule has 2 rings (SSSR count). The van der Waals surface area contributed by atoms with E-state index in [0.29, 0.717) is 13.0 Å². The summed E-state index contributed by atoms with van der Waals surface area (Å²) in [7, 11) is 0. The Labute approximate surface area is 147 Å². The molecule has 4 nitrogen and oxygen atoms in total. The fraction of sp³-hybridized carbons (Fsp3) is 0.650. The van der Waals surface area contributed by atoms with Crippen LogP contribution in [0.15, 0.2) is 24.3 Å². The van der Waals surface area contributed by atoms with Crippen LogP contribution in [0.4, 0.5) is 5.69 Å². The summed E-state index contributed by atoms with van der Waals surface area (Å²) in [5.41, 5.74) is 2.31. The summed E-state index contributed by atoms with van der Waals surface area (Å²) in [5, 5.41) is 6.48. The van der Waals surface area contributed by atoms with Gasteiger partial charge in [-0.15, -0.1) is 0 Å². The molecule has 1 aromatic carbocycles. The van der Waals surface area contributed by atoms with Crippen molar-refractivity contribution in [1.29, 1.82) is 0 Å². The van der Waals surface area contributed by atoms with Crippen LogP contribution in [0.1, 0.15) is 39.2 Å². The SMILES string of the molecule is Cc1ccccc1NCCC(=O)NC(C)CN1CC(C)CC(C)C1. The number of piperidine rings is 1. The molecule has 2 N–H and O–H groups in total. The number of aryl methyl sites for hydroxylation is 1. The lowest BCUT2D eigenvalue weighted by Gasteiger charge is -2.36. The van der Waals surface area contributed by atoms with Crippen molar-refractivity contribution >= 4 is 11.6 Å². The molecule has 1 aliphatic heterocycles. The van der Waals surface area contributed by atoms with Gasteiger partial charge < -0.3 is 15.5 Å². The van der Waals surface area contributed by atoms with E-state index < -0.39 is 0 Å². The zero-order chi connectivity index (χ0) is 17.5. The zero-order valence-corrected chi connectivity index (χ0v) is 15.6. The van der Waals surface area contributed by atoms with Crippen molar-refractivity contribution in [3.8, 4) is 0 Å². The molecule has 3 atom stereocenters. The van der Waals surface area contributed by atoms with Crippen LogP contribution in [0.25, 0.3) is 0 Å². The highest BCUT2D eigenvalue weighted by atomic mass is 16.1. The summed E-state index contributed by atoms with van der Waals surface area (Å²) in [6.45, 7) is 12.7. The first-order valence-electron chi connectivity index (χ1n) is 9.25. The molecule has 0 bridgehead atoms. The van der Waals surface area contributed by atoms with Crippen molar-refractivity contribution in [3.05, 3.63) is 29.8 Å². The van der Waals surface area contributed by atoms with Crippen molar-refractivity contribution in [3.63, 3.8) is 0 Å². The molecule has 1 amide bonds. The number of likely N-dealkylation sites (tertiary alicyclic amines) is 1. The molecule has 3 unspecified atom stereocenters. The van der Waals surface area contributed by atoms with Gasteiger partial charge in [-0.25, -0.2) is 0 Å². The second-order valence-corrected chi connectivity index (χ2v) is 7.62. The maximum atomic E-state index is 12.1. The minimum atomic E-state index is 0.127. The zero-order valence-electron chi connectivity index (χ0n) is 15.6. The molecule has 1 aromatic rings. The van der Waals surface area contributed by atoms with Gasteiger partial charge in [-0.2, -0.15) is 0 Å². The largest absolute Gasteiger partial charge is 0.384 e. The number of para-hydroxylation sites is 1. The predicted molar refractivity (Wildman–Crippen MR) is 101 cm³/mol. The Balaban J connectivity index is 1.67. The van der Waals surface area contributed by atoms with Gasteiger partial charge in [-0.05, 0) is 43.7 Å². The van der Waals surface area contributed by atoms with E-state index in [1.165, 1.54) is 12.0 Å². The van der Waals surface area contributed by atoms with Gasteiger partial charge in [0, 0.05) is 44.3 Å². The minimum Gasteiger partial charge on any atom is -0.384 e. The molecule has 4 heteroatoms. The van der Waals surface area contributed by atoms with E-state index >= 15 is 0 Å². The lowest BCUT2D eigenvalue weighted by molar-refractivity contribution is -0.121. The average Bonchev–Trinajstić information content (AvgIpc) is 2.47. The molecule has 0 radical (unpaired) electrons. The fourth-order valence-electron chi connectivity index (χ4n) is 3.80. The third kappa shape index (κ3) is 6.16. The number of carbonyl (C=O) groups excluding carboxylic acids is 1. The van der Waals surface area contributed by atoms with E-state index in [9.17, 15) is 4.79 Å². The van der Waals surface area contributed by atoms with Crippen LogP contribution in [0.5, 0.6) is 0 Å². The molecule has 1 aliphatic rings. The van der Waals surface area contributed by atoms with Crippen LogP contribution in [-0.4, -0.2) is 43.0 Å². The first kappa shape index (κ1) is 18.8. The highest BCUT2D eigenvalue weighted by Gasteiger charge is 2.23. The monoisotopic (exact) mass is 331 g/mol. The van der Waals surface area contributed by atoms with E-state index in [1.54, 1.807) is 0 Å². The summed E-state index contributed by atoms with van der Waals surface area (Å²) in [4.78, 5) is 14.6. The molecule has 1 saturated heterocycles. The molecular formula is C20H33N3O. The maximum absolute atomic E-state index is 12.1. The van der Waals surface area contributed by atoms with Gasteiger partial charge in [0.1, 0.15) is 0 Å². The van der Waals surface area contributed by atoms with Crippen molar-refractivity contribution in [2.24, 2.45) is 11.8 Å². The number of hydrogen-bond acceptors (Lipinski definition) is 3. The fourth-order valence-corrected chi connectivity index (χ4v) is 3.80. The van der Waals surface area contributed by atoms with Gasteiger partial charge >= 0.3 is 0 Å². The van der Waals surface area contributed by atoms with Crippen LogP contribution in [0, 0.1) is 18.8 Å². The Kier molecular flexibility index (Phi) is 7.10. The van der Waals surface area contributed by atoms with Crippen LogP contribution in [0.2, 0.25) is 0 Å². The number of amides is 1. The quantitative estimate of drug-likeness (QED) is 0.806. The molecule has 1 heterocycles. The highest BCUT2D eigenvalue weighted by molar-refractivity contribution is 5.76. The smallest absolute Gasteiger partial charge is 0.222 e. The summed E-state index contributed by atoms with van der Waals surface area (Å²) >= 11 is 0. The van der Waals surface area contributed by atoms with Crippen molar-refractivity contribution in [2.45, 2.75) is 46.6 Å². The maximum Gasteiger partial charge on any atom is 0.222 e. The summed E-state index contributed by atoms with van der Waals surface area (Å²) in [6.07, 6.45) is 1.83. The van der Waals surface area contributed by atoms with Crippen LogP contribution in [-0.2, 0) is 4.79 Å². The van der Waals surface area contributed by atoms with Gasteiger partial charge in [0.15, 0.2) is 0 Å². The Morgan fingerprint density at radius 3 is 2.58 bits per heavy atom. The third-order valence-corrected chi connectivity index (χ3v) is 4.70. The summed E-state index contributed by atoms with van der Waals surface area (Å²) < 4.78 is 0. The summed E-state index contributed by atoms with van der Waals surface area (Å²) in [5.74, 6) is 1.65. The first-order chi connectivity index (χ1) is 11.4. The van der Waals surface area contributed by atoms with Crippen LogP contribution in [0.3, 0.4) is 0 Å². The third-order valence-electron chi connectivity index (χ3n) is 4.70. The Bertz CT molecular complexity index is 521. The van der Waals surface area contributed by atoms with Gasteiger partial charge in [0.2, 0.25) is 5.91 Å². The molecule has 134 valence electrons. The topological polar surface area (TPSA) is 44.4 Å². The van der Waals surface area contributed by atoms with Crippen molar-refractivity contribution in [2.75, 3.05) is 31.5 Å². The van der Waals surface area contributed by atoms with E-state index in [-0.39, 0.29) is 11.9 Å². The average molecular weight is 332 g/mol. The number of benzene rings is 1. The number of rotatable bonds is 7. The lowest BCUT2D eigenvalue weighted by atomic mass is 9.92. The van der Waals surface area contributed by atoms with E-state index in [4.69, 9.17) is 0 Å². The van der Waals surface area contributed by atoms with Crippen LogP contribution >= 0.6 is 0 Å². The van der Waals surface area contributed by atoms with E-state index in [0.717, 1.165) is 37.2 Å². The van der Waals surface area contributed by atoms with Crippen molar-refractivity contribution < 1.29 is 4.79 Å². The Hall–Kier alpha value is -1.55. The molecule has 0 saturated carbocycles. The lowest BCUT2D eigenvalue weighted by Crippen LogP contribution is -2.47. The number of carbonyl (C=O) groups is 1. The molecule has 0 aromatic heterocycles. The van der Waals surface area contributed by atoms with Gasteiger partial charge in [-0.1, -0.05) is 32.0 Å². The van der Waals surface area contributed by atoms with Crippen LogP contribution < -0.4 is 10.6 Å². The van der Waals surface area contributed by atoms with Gasteiger partial charge in [0.25, 0.3) is 0 Å². The minimum absolute atomic E-state index is 0.127. The first-order valence-corrected chi connectivity index (χ1v) is 9.25. The predicted octanol–water partition coefficient (Wildman–Crippen LogP) is 3.28. The second kappa shape index (κ2) is 9.07. The molecule has 0 spiro atoms. The van der Waals surface area contributed by atoms with E-state index in [2.05, 4.69) is 55.4 Å². The number of nitrogens with zero attached hydrogens (tertiary/aromatic N) is 1. The molecular weight excluding hydrogens is 298 g/mol. The Morgan fingerprint density at radius 1 is 1.25 bits per heavy atom. The number of anilines is 1.